The number of ether oxygens (including phenoxy) is 1. The highest BCUT2D eigenvalue weighted by Crippen LogP contribution is 2.29. The van der Waals surface area contributed by atoms with E-state index >= 15 is 0 Å². The molecule has 0 heterocycles. The lowest BCUT2D eigenvalue weighted by atomic mass is 10.00. The Morgan fingerprint density at radius 3 is 2.39 bits per heavy atom. The van der Waals surface area contributed by atoms with Crippen molar-refractivity contribution < 1.29 is 27.1 Å². The fourth-order valence-electron chi connectivity index (χ4n) is 1.83. The predicted octanol–water partition coefficient (Wildman–Crippen LogP) is 3.22. The molecular weight excluding hydrogens is 316 g/mol. The second-order valence-corrected chi connectivity index (χ2v) is 4.53. The van der Waals surface area contributed by atoms with Gasteiger partial charge in [-0.1, -0.05) is 6.92 Å². The van der Waals surface area contributed by atoms with Crippen LogP contribution in [0.3, 0.4) is 0 Å². The summed E-state index contributed by atoms with van der Waals surface area (Å²) in [5.74, 6) is -1.75. The molecule has 0 bridgehead atoms. The van der Waals surface area contributed by atoms with Crippen molar-refractivity contribution >= 4 is 11.7 Å². The number of halogens is 4. The molecule has 0 aromatic heterocycles. The van der Waals surface area contributed by atoms with E-state index < -0.39 is 29.2 Å². The minimum atomic E-state index is -4.76. The van der Waals surface area contributed by atoms with Gasteiger partial charge in [-0.3, -0.25) is 4.99 Å². The lowest BCUT2D eigenvalue weighted by Gasteiger charge is -2.15. The minimum Gasteiger partial charge on any atom is -0.465 e. The molecule has 1 aromatic rings. The Balaban J connectivity index is 3.51. The third kappa shape index (κ3) is 4.80. The molecule has 1 rings (SSSR count). The van der Waals surface area contributed by atoms with E-state index in [1.165, 1.54) is 0 Å². The van der Waals surface area contributed by atoms with Gasteiger partial charge in [0, 0.05) is 18.3 Å². The number of benzene rings is 1. The quantitative estimate of drug-likeness (QED) is 0.511. The van der Waals surface area contributed by atoms with E-state index in [0.717, 1.165) is 25.3 Å². The number of rotatable bonds is 5. The highest BCUT2D eigenvalue weighted by molar-refractivity contribution is 6.14. The van der Waals surface area contributed by atoms with Crippen LogP contribution in [-0.4, -0.2) is 31.5 Å². The van der Waals surface area contributed by atoms with Gasteiger partial charge in [-0.05, 0) is 24.6 Å². The van der Waals surface area contributed by atoms with E-state index in [1.807, 2.05) is 0 Å². The summed E-state index contributed by atoms with van der Waals surface area (Å²) in [6.45, 7) is 1.82. The molecule has 0 aliphatic rings. The number of nitrogens with two attached hydrogens (primary N) is 1. The van der Waals surface area contributed by atoms with Crippen LogP contribution in [0, 0.1) is 5.82 Å². The third-order valence-corrected chi connectivity index (χ3v) is 2.81. The average Bonchev–Trinajstić information content (AvgIpc) is 2.48. The van der Waals surface area contributed by atoms with Gasteiger partial charge >= 0.3 is 12.1 Å². The lowest BCUT2D eigenvalue weighted by molar-refractivity contribution is -0.0862. The summed E-state index contributed by atoms with van der Waals surface area (Å²) in [7, 11) is 1.08. The van der Waals surface area contributed by atoms with Crippen molar-refractivity contribution in [2.45, 2.75) is 19.5 Å². The molecule has 0 amide bonds. The second-order valence-electron chi connectivity index (χ2n) is 4.53. The van der Waals surface area contributed by atoms with Gasteiger partial charge < -0.3 is 10.5 Å². The lowest BCUT2D eigenvalue weighted by Crippen LogP contribution is -2.23. The van der Waals surface area contributed by atoms with Crippen LogP contribution < -0.4 is 5.73 Å². The molecule has 0 saturated heterocycles. The zero-order valence-electron chi connectivity index (χ0n) is 12.6. The molecule has 23 heavy (non-hydrogen) atoms. The Kier molecular flexibility index (Phi) is 6.29. The molecule has 4 nitrogen and oxygen atoms in total. The van der Waals surface area contributed by atoms with E-state index in [-0.39, 0.29) is 17.7 Å². The van der Waals surface area contributed by atoms with E-state index in [4.69, 9.17) is 5.73 Å². The highest BCUT2D eigenvalue weighted by Gasteiger charge is 2.37. The van der Waals surface area contributed by atoms with Crippen molar-refractivity contribution in [2.75, 3.05) is 13.7 Å². The van der Waals surface area contributed by atoms with Crippen LogP contribution in [0.4, 0.5) is 17.6 Å². The summed E-state index contributed by atoms with van der Waals surface area (Å²) in [4.78, 5) is 15.3. The van der Waals surface area contributed by atoms with Gasteiger partial charge in [0.15, 0.2) is 0 Å². The molecule has 0 atom stereocenters. The van der Waals surface area contributed by atoms with Gasteiger partial charge in [-0.25, -0.2) is 9.18 Å². The number of hydrogen-bond donors (Lipinski definition) is 1. The Morgan fingerprint density at radius 1 is 1.30 bits per heavy atom. The fraction of sp³-hybridized carbons (Fsp3) is 0.333. The zero-order valence-corrected chi connectivity index (χ0v) is 12.6. The monoisotopic (exact) mass is 332 g/mol. The molecule has 2 N–H and O–H groups in total. The second kappa shape index (κ2) is 7.75. The van der Waals surface area contributed by atoms with Gasteiger partial charge in [0.25, 0.3) is 0 Å². The van der Waals surface area contributed by atoms with Crippen molar-refractivity contribution in [1.29, 1.82) is 0 Å². The highest BCUT2D eigenvalue weighted by atomic mass is 19.4. The first kappa shape index (κ1) is 18.7. The van der Waals surface area contributed by atoms with Gasteiger partial charge in [0.1, 0.15) is 5.82 Å². The van der Waals surface area contributed by atoms with Crippen molar-refractivity contribution in [2.24, 2.45) is 10.7 Å². The first-order valence-electron chi connectivity index (χ1n) is 6.67. The minimum absolute atomic E-state index is 0.0901. The summed E-state index contributed by atoms with van der Waals surface area (Å²) in [6.07, 6.45) is -3.91. The van der Waals surface area contributed by atoms with Crippen molar-refractivity contribution in [3.8, 4) is 0 Å². The summed E-state index contributed by atoms with van der Waals surface area (Å²) < 4.78 is 57.4. The normalized spacial score (nSPS) is 13.1. The maximum absolute atomic E-state index is 13.7. The summed E-state index contributed by atoms with van der Waals surface area (Å²) >= 11 is 0. The summed E-state index contributed by atoms with van der Waals surface area (Å²) in [5, 5.41) is 0. The number of carbonyl (C=O) groups excluding carboxylic acids is 1. The number of hydrogen-bond acceptors (Lipinski definition) is 4. The number of esters is 1. The molecule has 0 radical (unpaired) electrons. The molecule has 0 aliphatic heterocycles. The Hall–Kier alpha value is -2.38. The van der Waals surface area contributed by atoms with Crippen LogP contribution in [0.25, 0.3) is 0 Å². The van der Waals surface area contributed by atoms with Gasteiger partial charge in [0.05, 0.1) is 24.0 Å². The molecule has 8 heteroatoms. The molecule has 0 spiro atoms. The van der Waals surface area contributed by atoms with Crippen molar-refractivity contribution in [3.63, 3.8) is 0 Å². The van der Waals surface area contributed by atoms with Crippen LogP contribution in [0.1, 0.15) is 29.3 Å². The number of methoxy groups -OCH3 is 1. The molecule has 0 fully saturated rings. The maximum Gasteiger partial charge on any atom is 0.419 e. The Morgan fingerprint density at radius 2 is 1.91 bits per heavy atom. The van der Waals surface area contributed by atoms with Crippen LogP contribution in [0.2, 0.25) is 0 Å². The number of allylic oxidation sites excluding steroid dienone is 1. The molecule has 0 saturated carbocycles. The van der Waals surface area contributed by atoms with Crippen LogP contribution >= 0.6 is 0 Å². The maximum atomic E-state index is 13.7. The smallest absolute Gasteiger partial charge is 0.419 e. The largest absolute Gasteiger partial charge is 0.465 e. The molecule has 126 valence electrons. The SMILES string of the molecule is CCCN=C(/C(=C\N)C(F)(F)F)c1cc(F)cc(C(=O)OC)c1. The van der Waals surface area contributed by atoms with Crippen LogP contribution in [0.15, 0.2) is 35.0 Å². The fourth-order valence-corrected chi connectivity index (χ4v) is 1.83. The van der Waals surface area contributed by atoms with Crippen LogP contribution in [-0.2, 0) is 4.74 Å². The summed E-state index contributed by atoms with van der Waals surface area (Å²) in [6, 6.07) is 2.81. The standard InChI is InChI=1S/C15H16F4N2O2/c1-3-4-21-13(12(8-20)15(17,18)19)9-5-10(14(22)23-2)7-11(16)6-9/h5-8H,3-4,20H2,1-2H3/b12-8+,21-13?. The van der Waals surface area contributed by atoms with Crippen molar-refractivity contribution in [1.82, 2.24) is 0 Å². The number of nitrogens with zero attached hydrogens (tertiary/aromatic N) is 1. The van der Waals surface area contributed by atoms with E-state index in [9.17, 15) is 22.4 Å². The van der Waals surface area contributed by atoms with Gasteiger partial charge in [-0.15, -0.1) is 0 Å². The number of carbonyl (C=O) groups is 1. The van der Waals surface area contributed by atoms with Gasteiger partial charge in [-0.2, -0.15) is 13.2 Å². The Bertz CT molecular complexity index is 637. The molecule has 0 unspecified atom stereocenters. The molecular formula is C15H16F4N2O2. The van der Waals surface area contributed by atoms with Crippen molar-refractivity contribution in [3.05, 3.63) is 46.9 Å². The first-order chi connectivity index (χ1) is 10.7. The Labute approximate surface area is 130 Å². The number of aliphatic imine (C=N–C) groups is 1. The zero-order chi connectivity index (χ0) is 17.6. The first-order valence-corrected chi connectivity index (χ1v) is 6.67. The van der Waals surface area contributed by atoms with Gasteiger partial charge in [0.2, 0.25) is 0 Å². The van der Waals surface area contributed by atoms with E-state index in [0.29, 0.717) is 12.6 Å². The molecule has 1 aromatic carbocycles. The third-order valence-electron chi connectivity index (χ3n) is 2.81. The number of alkyl halides is 3. The molecule has 0 aliphatic carbocycles. The topological polar surface area (TPSA) is 64.7 Å². The average molecular weight is 332 g/mol. The van der Waals surface area contributed by atoms with E-state index in [2.05, 4.69) is 9.73 Å². The van der Waals surface area contributed by atoms with E-state index in [1.54, 1.807) is 6.92 Å². The van der Waals surface area contributed by atoms with Crippen LogP contribution in [0.5, 0.6) is 0 Å². The summed E-state index contributed by atoms with van der Waals surface area (Å²) in [5.41, 5.74) is 2.94. The predicted molar refractivity (Wildman–Crippen MR) is 77.8 cm³/mol.